The maximum atomic E-state index is 11.7. The average molecular weight is 381 g/mol. The molecule has 2 rings (SSSR count). The first kappa shape index (κ1) is 19.3. The van der Waals surface area contributed by atoms with Crippen molar-refractivity contribution in [3.63, 3.8) is 0 Å². The molecule has 0 aromatic heterocycles. The lowest BCUT2D eigenvalue weighted by molar-refractivity contribution is -0.209. The molecule has 148 valence electrons. The predicted molar refractivity (Wildman–Crippen MR) is 92.3 cm³/mol. The SMILES string of the molecule is [2H]C[C@]1(COC(C)=O)OC(OC(C)=O)[C@H](OC(C)=O)[C@@]1(O)Cc1ccccc1. The molecule has 1 aliphatic rings. The summed E-state index contributed by atoms with van der Waals surface area (Å²) in [7, 11) is 0. The van der Waals surface area contributed by atoms with Gasteiger partial charge in [0.1, 0.15) is 17.8 Å². The zero-order chi connectivity index (χ0) is 20.9. The number of benzene rings is 1. The summed E-state index contributed by atoms with van der Waals surface area (Å²) in [6.45, 7) is 2.43. The third kappa shape index (κ3) is 4.64. The summed E-state index contributed by atoms with van der Waals surface area (Å²) in [6.07, 6.45) is -2.98. The van der Waals surface area contributed by atoms with Crippen LogP contribution in [0, 0.1) is 0 Å². The van der Waals surface area contributed by atoms with Crippen LogP contribution in [0.4, 0.5) is 0 Å². The van der Waals surface area contributed by atoms with Gasteiger partial charge in [-0.25, -0.2) is 0 Å². The van der Waals surface area contributed by atoms with Crippen molar-refractivity contribution in [3.8, 4) is 0 Å². The first-order valence-corrected chi connectivity index (χ1v) is 8.35. The van der Waals surface area contributed by atoms with E-state index in [1.165, 1.54) is 6.92 Å². The molecule has 8 heteroatoms. The van der Waals surface area contributed by atoms with Crippen molar-refractivity contribution < 1.29 is 39.8 Å². The van der Waals surface area contributed by atoms with Crippen LogP contribution < -0.4 is 0 Å². The largest absolute Gasteiger partial charge is 0.463 e. The van der Waals surface area contributed by atoms with Crippen LogP contribution in [-0.2, 0) is 39.8 Å². The molecule has 1 unspecified atom stereocenters. The maximum Gasteiger partial charge on any atom is 0.305 e. The lowest BCUT2D eigenvalue weighted by atomic mass is 9.77. The van der Waals surface area contributed by atoms with Crippen molar-refractivity contribution in [1.82, 2.24) is 0 Å². The summed E-state index contributed by atoms with van der Waals surface area (Å²) in [4.78, 5) is 34.5. The van der Waals surface area contributed by atoms with Crippen LogP contribution in [0.5, 0.6) is 0 Å². The molecule has 1 aromatic rings. The molecule has 0 aliphatic carbocycles. The van der Waals surface area contributed by atoms with E-state index in [1.54, 1.807) is 30.3 Å². The Bertz CT molecular complexity index is 724. The van der Waals surface area contributed by atoms with Crippen molar-refractivity contribution in [2.75, 3.05) is 6.61 Å². The number of hydrogen-bond donors (Lipinski definition) is 1. The van der Waals surface area contributed by atoms with E-state index in [0.29, 0.717) is 5.56 Å². The van der Waals surface area contributed by atoms with Gasteiger partial charge in [-0.05, 0) is 12.5 Å². The molecule has 1 aliphatic heterocycles. The Balaban J connectivity index is 2.53. The van der Waals surface area contributed by atoms with Gasteiger partial charge in [-0.2, -0.15) is 0 Å². The third-order valence-electron chi connectivity index (χ3n) is 4.25. The molecule has 0 saturated carbocycles. The summed E-state index contributed by atoms with van der Waals surface area (Å²) in [5.41, 5.74) is -3.12. The summed E-state index contributed by atoms with van der Waals surface area (Å²) in [5, 5.41) is 11.7. The second-order valence-electron chi connectivity index (χ2n) is 6.49. The highest BCUT2D eigenvalue weighted by molar-refractivity contribution is 5.68. The molecule has 1 fully saturated rings. The Morgan fingerprint density at radius 2 is 1.74 bits per heavy atom. The molecule has 1 saturated heterocycles. The van der Waals surface area contributed by atoms with Gasteiger partial charge in [0.05, 0.1) is 0 Å². The number of aliphatic hydroxyl groups is 1. The van der Waals surface area contributed by atoms with Gasteiger partial charge >= 0.3 is 17.9 Å². The number of hydrogen-bond acceptors (Lipinski definition) is 8. The topological polar surface area (TPSA) is 108 Å². The van der Waals surface area contributed by atoms with Crippen LogP contribution in [0.15, 0.2) is 30.3 Å². The lowest BCUT2D eigenvalue weighted by Crippen LogP contribution is -2.59. The molecule has 1 heterocycles. The predicted octanol–water partition coefficient (Wildman–Crippen LogP) is 1.13. The molecule has 0 bridgehead atoms. The zero-order valence-corrected chi connectivity index (χ0v) is 15.5. The second kappa shape index (κ2) is 8.06. The van der Waals surface area contributed by atoms with E-state index in [4.69, 9.17) is 20.3 Å². The smallest absolute Gasteiger partial charge is 0.305 e. The van der Waals surface area contributed by atoms with E-state index < -0.39 is 55.0 Å². The number of carbonyl (C=O) groups excluding carboxylic acids is 3. The zero-order valence-electron chi connectivity index (χ0n) is 16.5. The number of rotatable bonds is 6. The van der Waals surface area contributed by atoms with E-state index in [9.17, 15) is 19.5 Å². The van der Waals surface area contributed by atoms with Crippen LogP contribution in [0.3, 0.4) is 0 Å². The molecule has 27 heavy (non-hydrogen) atoms. The summed E-state index contributed by atoms with van der Waals surface area (Å²) < 4.78 is 29.1. The average Bonchev–Trinajstić information content (AvgIpc) is 2.82. The molecule has 4 atom stereocenters. The Morgan fingerprint density at radius 1 is 1.11 bits per heavy atom. The minimum Gasteiger partial charge on any atom is -0.463 e. The normalized spacial score (nSPS) is 30.3. The van der Waals surface area contributed by atoms with E-state index in [2.05, 4.69) is 0 Å². The number of ether oxygens (including phenoxy) is 4. The van der Waals surface area contributed by atoms with Gasteiger partial charge < -0.3 is 24.1 Å². The fourth-order valence-corrected chi connectivity index (χ4v) is 3.00. The van der Waals surface area contributed by atoms with Gasteiger partial charge in [0.25, 0.3) is 0 Å². The molecular weight excluding hydrogens is 356 g/mol. The van der Waals surface area contributed by atoms with Crippen LogP contribution in [0.25, 0.3) is 0 Å². The van der Waals surface area contributed by atoms with Crippen molar-refractivity contribution in [2.45, 2.75) is 57.7 Å². The fourth-order valence-electron chi connectivity index (χ4n) is 3.00. The van der Waals surface area contributed by atoms with Gasteiger partial charge in [-0.1, -0.05) is 30.3 Å². The van der Waals surface area contributed by atoms with Gasteiger partial charge in [-0.15, -0.1) is 0 Å². The summed E-state index contributed by atoms with van der Waals surface area (Å²) in [6, 6.07) is 8.78. The monoisotopic (exact) mass is 381 g/mol. The molecule has 0 amide bonds. The molecule has 1 aromatic carbocycles. The second-order valence-corrected chi connectivity index (χ2v) is 6.49. The van der Waals surface area contributed by atoms with Crippen LogP contribution in [0.2, 0.25) is 0 Å². The quantitative estimate of drug-likeness (QED) is 0.577. The standard InChI is InChI=1S/C19H24O8/c1-12(20)24-11-18(4)19(23,10-15-8-6-5-7-9-15)16(25-13(2)21)17(27-18)26-14(3)22/h5-9,16-17,23H,10-11H2,1-4H3/t16-,17?,18+,19-/m0/s1/i4D. The molecule has 0 spiro atoms. The molecule has 8 nitrogen and oxygen atoms in total. The Kier molecular flexibility index (Phi) is 5.76. The summed E-state index contributed by atoms with van der Waals surface area (Å²) in [5.74, 6) is -2.10. The minimum atomic E-state index is -2.00. The minimum absolute atomic E-state index is 0.0936. The first-order chi connectivity index (χ1) is 13.1. The lowest BCUT2D eigenvalue weighted by Gasteiger charge is -2.39. The number of carbonyl (C=O) groups is 3. The van der Waals surface area contributed by atoms with Crippen molar-refractivity contribution in [2.24, 2.45) is 0 Å². The molecule has 1 N–H and O–H groups in total. The van der Waals surface area contributed by atoms with E-state index in [-0.39, 0.29) is 6.42 Å². The molecule has 0 radical (unpaired) electrons. The van der Waals surface area contributed by atoms with Gasteiger partial charge in [-0.3, -0.25) is 14.4 Å². The van der Waals surface area contributed by atoms with Crippen molar-refractivity contribution in [1.29, 1.82) is 0 Å². The molecular formula is C19H24O8. The van der Waals surface area contributed by atoms with Crippen LogP contribution >= 0.6 is 0 Å². The van der Waals surface area contributed by atoms with Crippen LogP contribution in [-0.4, -0.2) is 53.2 Å². The first-order valence-electron chi connectivity index (χ1n) is 9.05. The van der Waals surface area contributed by atoms with Gasteiger partial charge in [0, 0.05) is 28.6 Å². The van der Waals surface area contributed by atoms with Crippen LogP contribution in [0.1, 0.15) is 34.6 Å². The van der Waals surface area contributed by atoms with E-state index >= 15 is 0 Å². The highest BCUT2D eigenvalue weighted by atomic mass is 16.8. The Hall–Kier alpha value is -2.45. The van der Waals surface area contributed by atoms with Gasteiger partial charge in [0.2, 0.25) is 6.29 Å². The maximum absolute atomic E-state index is 11.7. The third-order valence-corrected chi connectivity index (χ3v) is 4.25. The van der Waals surface area contributed by atoms with E-state index in [0.717, 1.165) is 13.8 Å². The van der Waals surface area contributed by atoms with Crippen molar-refractivity contribution in [3.05, 3.63) is 35.9 Å². The van der Waals surface area contributed by atoms with Crippen molar-refractivity contribution >= 4 is 17.9 Å². The Morgan fingerprint density at radius 3 is 2.26 bits per heavy atom. The van der Waals surface area contributed by atoms with E-state index in [1.807, 2.05) is 0 Å². The highest BCUT2D eigenvalue weighted by Gasteiger charge is 2.66. The number of esters is 3. The Labute approximate surface area is 158 Å². The summed E-state index contributed by atoms with van der Waals surface area (Å²) >= 11 is 0. The van der Waals surface area contributed by atoms with Gasteiger partial charge in [0.15, 0.2) is 6.10 Å². The highest BCUT2D eigenvalue weighted by Crippen LogP contribution is 2.44. The fraction of sp³-hybridized carbons (Fsp3) is 0.526.